The lowest BCUT2D eigenvalue weighted by atomic mass is 10.0. The highest BCUT2D eigenvalue weighted by molar-refractivity contribution is 7.87. The van der Waals surface area contributed by atoms with Crippen LogP contribution in [0.25, 0.3) is 0 Å². The summed E-state index contributed by atoms with van der Waals surface area (Å²) >= 11 is 0. The molecule has 19 heavy (non-hydrogen) atoms. The summed E-state index contributed by atoms with van der Waals surface area (Å²) in [6, 6.07) is 0.0391. The summed E-state index contributed by atoms with van der Waals surface area (Å²) in [5.41, 5.74) is 5.70. The largest absolute Gasteiger partial charge is 0.330 e. The first-order chi connectivity index (χ1) is 8.53. The van der Waals surface area contributed by atoms with Crippen LogP contribution in [0.1, 0.15) is 39.0 Å². The summed E-state index contributed by atoms with van der Waals surface area (Å²) in [4.78, 5) is 0. The van der Waals surface area contributed by atoms with Crippen molar-refractivity contribution in [2.45, 2.75) is 45.1 Å². The average Bonchev–Trinajstić information content (AvgIpc) is 2.75. The molecule has 1 saturated carbocycles. The molecular weight excluding hydrogens is 286 g/mol. The molecule has 0 aromatic carbocycles. The van der Waals surface area contributed by atoms with Crippen LogP contribution in [-0.2, 0) is 10.2 Å². The Morgan fingerprint density at radius 3 is 2.63 bits per heavy atom. The zero-order valence-corrected chi connectivity index (χ0v) is 13.2. The van der Waals surface area contributed by atoms with E-state index in [-0.39, 0.29) is 18.4 Å². The lowest BCUT2D eigenvalue weighted by molar-refractivity contribution is 0.274. The zero-order valence-electron chi connectivity index (χ0n) is 11.5. The highest BCUT2D eigenvalue weighted by Crippen LogP contribution is 2.26. The van der Waals surface area contributed by atoms with E-state index in [0.717, 1.165) is 32.1 Å². The van der Waals surface area contributed by atoms with Gasteiger partial charge in [-0.3, -0.25) is 0 Å². The van der Waals surface area contributed by atoms with Gasteiger partial charge in [0.05, 0.1) is 0 Å². The molecule has 5 nitrogen and oxygen atoms in total. The van der Waals surface area contributed by atoms with Crippen molar-refractivity contribution in [3.8, 4) is 0 Å². The van der Waals surface area contributed by atoms with Crippen molar-refractivity contribution in [2.75, 3.05) is 19.6 Å². The fraction of sp³-hybridized carbons (Fsp3) is 1.00. The highest BCUT2D eigenvalue weighted by atomic mass is 35.5. The van der Waals surface area contributed by atoms with Gasteiger partial charge in [-0.05, 0) is 44.1 Å². The molecule has 1 aliphatic carbocycles. The van der Waals surface area contributed by atoms with Crippen LogP contribution in [0.4, 0.5) is 0 Å². The number of nitrogens with one attached hydrogen (secondary N) is 1. The van der Waals surface area contributed by atoms with Gasteiger partial charge in [-0.2, -0.15) is 17.4 Å². The molecule has 7 heteroatoms. The van der Waals surface area contributed by atoms with Gasteiger partial charge in [0.15, 0.2) is 0 Å². The maximum atomic E-state index is 12.3. The summed E-state index contributed by atoms with van der Waals surface area (Å²) < 4.78 is 29.1. The second-order valence-electron chi connectivity index (χ2n) is 5.76. The molecule has 1 aliphatic heterocycles. The SMILES string of the molecule is CC1CCCN(S(=O)(=O)NC2CCCC2CN)C1.Cl. The van der Waals surface area contributed by atoms with Crippen molar-refractivity contribution >= 4 is 22.6 Å². The second kappa shape index (κ2) is 7.22. The topological polar surface area (TPSA) is 75.4 Å². The Morgan fingerprint density at radius 1 is 1.26 bits per heavy atom. The summed E-state index contributed by atoms with van der Waals surface area (Å²) in [6.45, 7) is 3.98. The average molecular weight is 312 g/mol. The lowest BCUT2D eigenvalue weighted by Crippen LogP contribution is -2.50. The van der Waals surface area contributed by atoms with E-state index in [0.29, 0.717) is 31.5 Å². The first-order valence-corrected chi connectivity index (χ1v) is 8.44. The van der Waals surface area contributed by atoms with E-state index in [2.05, 4.69) is 11.6 Å². The summed E-state index contributed by atoms with van der Waals surface area (Å²) in [5.74, 6) is 0.770. The molecule has 2 aliphatic rings. The number of halogens is 1. The van der Waals surface area contributed by atoms with Crippen molar-refractivity contribution in [1.29, 1.82) is 0 Å². The third-order valence-electron chi connectivity index (χ3n) is 4.22. The number of rotatable bonds is 4. The predicted molar refractivity (Wildman–Crippen MR) is 79.5 cm³/mol. The summed E-state index contributed by atoms with van der Waals surface area (Å²) in [7, 11) is -3.31. The molecule has 0 aromatic heterocycles. The van der Waals surface area contributed by atoms with Crippen LogP contribution in [0.3, 0.4) is 0 Å². The van der Waals surface area contributed by atoms with Crippen molar-refractivity contribution in [2.24, 2.45) is 17.6 Å². The quantitative estimate of drug-likeness (QED) is 0.816. The van der Waals surface area contributed by atoms with E-state index in [1.807, 2.05) is 0 Å². The monoisotopic (exact) mass is 311 g/mol. The molecule has 114 valence electrons. The number of nitrogens with zero attached hydrogens (tertiary/aromatic N) is 1. The van der Waals surface area contributed by atoms with Gasteiger partial charge < -0.3 is 5.73 Å². The smallest absolute Gasteiger partial charge is 0.279 e. The van der Waals surface area contributed by atoms with E-state index in [4.69, 9.17) is 5.73 Å². The zero-order chi connectivity index (χ0) is 13.2. The first kappa shape index (κ1) is 17.2. The molecule has 0 radical (unpaired) electrons. The Morgan fingerprint density at radius 2 is 2.00 bits per heavy atom. The van der Waals surface area contributed by atoms with Gasteiger partial charge in [-0.15, -0.1) is 12.4 Å². The third-order valence-corrected chi connectivity index (χ3v) is 5.83. The van der Waals surface area contributed by atoms with E-state index in [9.17, 15) is 8.42 Å². The van der Waals surface area contributed by atoms with Crippen molar-refractivity contribution < 1.29 is 8.42 Å². The van der Waals surface area contributed by atoms with Gasteiger partial charge in [-0.1, -0.05) is 13.3 Å². The highest BCUT2D eigenvalue weighted by Gasteiger charge is 2.33. The van der Waals surface area contributed by atoms with Gasteiger partial charge in [0.2, 0.25) is 0 Å². The number of nitrogens with two attached hydrogens (primary N) is 1. The lowest BCUT2D eigenvalue weighted by Gasteiger charge is -2.32. The van der Waals surface area contributed by atoms with Gasteiger partial charge in [0.1, 0.15) is 0 Å². The van der Waals surface area contributed by atoms with Crippen LogP contribution in [0, 0.1) is 11.8 Å². The number of piperidine rings is 1. The van der Waals surface area contributed by atoms with Crippen LogP contribution in [0.2, 0.25) is 0 Å². The maximum Gasteiger partial charge on any atom is 0.279 e. The van der Waals surface area contributed by atoms with Crippen molar-refractivity contribution in [3.63, 3.8) is 0 Å². The Hall–Kier alpha value is 0.120. The predicted octanol–water partition coefficient (Wildman–Crippen LogP) is 1.10. The van der Waals surface area contributed by atoms with Crippen LogP contribution in [-0.4, -0.2) is 38.4 Å². The molecule has 0 amide bonds. The minimum absolute atomic E-state index is 0. The van der Waals surface area contributed by atoms with Crippen molar-refractivity contribution in [1.82, 2.24) is 9.03 Å². The molecule has 1 saturated heterocycles. The molecule has 3 atom stereocenters. The van der Waals surface area contributed by atoms with E-state index in [1.165, 1.54) is 0 Å². The van der Waals surface area contributed by atoms with E-state index in [1.54, 1.807) is 4.31 Å². The van der Waals surface area contributed by atoms with E-state index < -0.39 is 10.2 Å². The van der Waals surface area contributed by atoms with Gasteiger partial charge in [-0.25, -0.2) is 0 Å². The van der Waals surface area contributed by atoms with Crippen LogP contribution in [0.5, 0.6) is 0 Å². The fourth-order valence-electron chi connectivity index (χ4n) is 3.10. The second-order valence-corrected chi connectivity index (χ2v) is 7.46. The first-order valence-electron chi connectivity index (χ1n) is 7.00. The third kappa shape index (κ3) is 4.29. The Bertz CT molecular complexity index is 377. The minimum atomic E-state index is -3.31. The molecule has 2 fully saturated rings. The molecule has 0 spiro atoms. The number of hydrogen-bond donors (Lipinski definition) is 2. The van der Waals surface area contributed by atoms with Gasteiger partial charge >= 0.3 is 0 Å². The number of hydrogen-bond acceptors (Lipinski definition) is 3. The fourth-order valence-corrected chi connectivity index (χ4v) is 4.77. The summed E-state index contributed by atoms with van der Waals surface area (Å²) in [5, 5.41) is 0. The Kier molecular flexibility index (Phi) is 6.53. The summed E-state index contributed by atoms with van der Waals surface area (Å²) in [6.07, 6.45) is 5.13. The Balaban J connectivity index is 0.00000180. The molecular formula is C12H26ClN3O2S. The van der Waals surface area contributed by atoms with Crippen molar-refractivity contribution in [3.05, 3.63) is 0 Å². The molecule has 3 unspecified atom stereocenters. The standard InChI is InChI=1S/C12H25N3O2S.ClH/c1-10-4-3-7-15(9-10)18(16,17)14-12-6-2-5-11(12)8-13;/h10-12,14H,2-9,13H2,1H3;1H. The maximum absolute atomic E-state index is 12.3. The van der Waals surface area contributed by atoms with E-state index >= 15 is 0 Å². The van der Waals surface area contributed by atoms with Crippen LogP contribution in [0.15, 0.2) is 0 Å². The molecule has 2 rings (SSSR count). The molecule has 0 bridgehead atoms. The van der Waals surface area contributed by atoms with Gasteiger partial charge in [0.25, 0.3) is 10.2 Å². The molecule has 3 N–H and O–H groups in total. The molecule has 0 aromatic rings. The van der Waals surface area contributed by atoms with Gasteiger partial charge in [0, 0.05) is 19.1 Å². The minimum Gasteiger partial charge on any atom is -0.330 e. The Labute approximate surface area is 122 Å². The van der Waals surface area contributed by atoms with Crippen LogP contribution >= 0.6 is 12.4 Å². The normalized spacial score (nSPS) is 33.1. The molecule has 1 heterocycles. The van der Waals surface area contributed by atoms with Crippen LogP contribution < -0.4 is 10.5 Å².